The van der Waals surface area contributed by atoms with Crippen LogP contribution in [0.3, 0.4) is 0 Å². The standard InChI is InChI=1S/C23H17N3/c1-25-16-26(22-12-5-4-11-21(22)25)19-9-6-8-18(15-19)23-20-10-3-2-7-17(20)13-14-24-23/h2-15H,1H3. The molecule has 3 heteroatoms. The van der Waals surface area contributed by atoms with Gasteiger partial charge in [0.05, 0.1) is 29.5 Å². The molecule has 0 amide bonds. The number of imidazole rings is 1. The van der Waals surface area contributed by atoms with E-state index in [-0.39, 0.29) is 0 Å². The fourth-order valence-electron chi connectivity index (χ4n) is 3.53. The van der Waals surface area contributed by atoms with Gasteiger partial charge in [-0.25, -0.2) is 0 Å². The molecule has 0 aliphatic carbocycles. The molecule has 0 aliphatic rings. The van der Waals surface area contributed by atoms with Crippen molar-refractivity contribution in [2.45, 2.75) is 0 Å². The summed E-state index contributed by atoms with van der Waals surface area (Å²) in [7, 11) is 2.02. The first-order valence-electron chi connectivity index (χ1n) is 8.65. The molecule has 5 aromatic rings. The van der Waals surface area contributed by atoms with Gasteiger partial charge in [0.15, 0.2) is 0 Å². The van der Waals surface area contributed by atoms with E-state index in [1.54, 1.807) is 0 Å². The van der Waals surface area contributed by atoms with Crippen molar-refractivity contribution in [3.63, 3.8) is 0 Å². The van der Waals surface area contributed by atoms with Gasteiger partial charge in [0.2, 0.25) is 6.33 Å². The highest BCUT2D eigenvalue weighted by Gasteiger charge is 2.09. The van der Waals surface area contributed by atoms with Crippen LogP contribution in [-0.2, 0) is 7.05 Å². The van der Waals surface area contributed by atoms with E-state index >= 15 is 0 Å². The van der Waals surface area contributed by atoms with Crippen LogP contribution in [0.5, 0.6) is 0 Å². The van der Waals surface area contributed by atoms with Gasteiger partial charge in [0.25, 0.3) is 0 Å². The second-order valence-corrected chi connectivity index (χ2v) is 6.41. The van der Waals surface area contributed by atoms with Crippen LogP contribution in [0, 0.1) is 6.33 Å². The van der Waals surface area contributed by atoms with Crippen molar-refractivity contribution < 1.29 is 4.57 Å². The van der Waals surface area contributed by atoms with Gasteiger partial charge in [-0.1, -0.05) is 66.7 Å². The molecule has 0 saturated heterocycles. The van der Waals surface area contributed by atoms with Gasteiger partial charge in [0, 0.05) is 11.6 Å². The van der Waals surface area contributed by atoms with E-state index in [9.17, 15) is 0 Å². The average Bonchev–Trinajstić information content (AvgIpc) is 3.05. The van der Waals surface area contributed by atoms with Gasteiger partial charge in [-0.05, 0) is 23.1 Å². The highest BCUT2D eigenvalue weighted by atomic mass is 15.1. The van der Waals surface area contributed by atoms with E-state index in [0.29, 0.717) is 0 Å². The largest absolute Gasteiger partial charge is 0.319 e. The van der Waals surface area contributed by atoms with Crippen molar-refractivity contribution in [3.8, 4) is 16.9 Å². The first-order valence-corrected chi connectivity index (χ1v) is 8.65. The van der Waals surface area contributed by atoms with Crippen molar-refractivity contribution >= 4 is 21.8 Å². The average molecular weight is 335 g/mol. The van der Waals surface area contributed by atoms with E-state index in [0.717, 1.165) is 28.0 Å². The molecule has 0 N–H and O–H groups in total. The summed E-state index contributed by atoms with van der Waals surface area (Å²) >= 11 is 0. The monoisotopic (exact) mass is 335 g/mol. The minimum Gasteiger partial charge on any atom is -0.319 e. The smallest absolute Gasteiger partial charge is 0.244 e. The van der Waals surface area contributed by atoms with Crippen LogP contribution in [0.25, 0.3) is 38.8 Å². The topological polar surface area (TPSA) is 21.7 Å². The molecule has 0 aliphatic heterocycles. The number of aromatic nitrogens is 3. The van der Waals surface area contributed by atoms with Crippen molar-refractivity contribution in [1.82, 2.24) is 9.55 Å². The van der Waals surface area contributed by atoms with E-state index in [1.165, 1.54) is 10.8 Å². The fourth-order valence-corrected chi connectivity index (χ4v) is 3.53. The van der Waals surface area contributed by atoms with Crippen LogP contribution in [0.4, 0.5) is 0 Å². The maximum Gasteiger partial charge on any atom is 0.244 e. The highest BCUT2D eigenvalue weighted by Crippen LogP contribution is 2.28. The summed E-state index contributed by atoms with van der Waals surface area (Å²) in [5, 5.41) is 2.37. The number of benzene rings is 3. The van der Waals surface area contributed by atoms with Crippen LogP contribution >= 0.6 is 0 Å². The lowest BCUT2D eigenvalue weighted by Crippen LogP contribution is -2.26. The summed E-state index contributed by atoms with van der Waals surface area (Å²) in [6.45, 7) is 0. The zero-order valence-corrected chi connectivity index (χ0v) is 14.4. The Kier molecular flexibility index (Phi) is 3.32. The number of hydrogen-bond donors (Lipinski definition) is 0. The minimum absolute atomic E-state index is 1.01. The number of pyridine rings is 1. The zero-order chi connectivity index (χ0) is 17.5. The molecule has 124 valence electrons. The molecule has 0 atom stereocenters. The predicted molar refractivity (Wildman–Crippen MR) is 104 cm³/mol. The van der Waals surface area contributed by atoms with Crippen molar-refractivity contribution in [2.75, 3.05) is 0 Å². The van der Waals surface area contributed by atoms with Gasteiger partial charge >= 0.3 is 0 Å². The van der Waals surface area contributed by atoms with Crippen molar-refractivity contribution in [2.24, 2.45) is 7.05 Å². The molecule has 3 aromatic carbocycles. The molecule has 0 saturated carbocycles. The molecule has 2 aromatic heterocycles. The Morgan fingerprint density at radius 2 is 1.73 bits per heavy atom. The molecule has 0 unspecified atom stereocenters. The fraction of sp³-hybridized carbons (Fsp3) is 0.0435. The summed E-state index contributed by atoms with van der Waals surface area (Å²) < 4.78 is 4.13. The molecule has 3 nitrogen and oxygen atoms in total. The van der Waals surface area contributed by atoms with E-state index in [4.69, 9.17) is 0 Å². The van der Waals surface area contributed by atoms with Crippen LogP contribution in [0.2, 0.25) is 0 Å². The third-order valence-electron chi connectivity index (χ3n) is 4.79. The highest BCUT2D eigenvalue weighted by molar-refractivity contribution is 5.94. The van der Waals surface area contributed by atoms with E-state index in [1.807, 2.05) is 17.8 Å². The number of para-hydroxylation sites is 2. The third kappa shape index (κ3) is 2.29. The number of hydrogen-bond acceptors (Lipinski definition) is 1. The molecular weight excluding hydrogens is 318 g/mol. The summed E-state index contributed by atoms with van der Waals surface area (Å²) in [5.74, 6) is 0. The van der Waals surface area contributed by atoms with Crippen molar-refractivity contribution in [3.05, 3.63) is 91.4 Å². The van der Waals surface area contributed by atoms with Crippen LogP contribution < -0.4 is 4.57 Å². The van der Waals surface area contributed by atoms with E-state index in [2.05, 4.69) is 94.7 Å². The number of aryl methyl sites for hydroxylation is 1. The second-order valence-electron chi connectivity index (χ2n) is 6.41. The quantitative estimate of drug-likeness (QED) is 0.344. The lowest BCUT2D eigenvalue weighted by molar-refractivity contribution is -0.649. The normalized spacial score (nSPS) is 11.3. The van der Waals surface area contributed by atoms with Crippen LogP contribution in [-0.4, -0.2) is 9.55 Å². The maximum atomic E-state index is 4.65. The Morgan fingerprint density at radius 3 is 2.69 bits per heavy atom. The summed E-state index contributed by atoms with van der Waals surface area (Å²) in [6.07, 6.45) is 5.27. The Morgan fingerprint density at radius 1 is 0.885 bits per heavy atom. The van der Waals surface area contributed by atoms with Crippen molar-refractivity contribution in [1.29, 1.82) is 0 Å². The summed E-state index contributed by atoms with van der Waals surface area (Å²) in [6, 6.07) is 27.2. The molecule has 2 heterocycles. The lowest BCUT2D eigenvalue weighted by Gasteiger charge is -2.10. The molecule has 0 spiro atoms. The molecule has 26 heavy (non-hydrogen) atoms. The Labute approximate surface area is 151 Å². The number of rotatable bonds is 2. The van der Waals surface area contributed by atoms with Gasteiger partial charge in [-0.15, -0.1) is 0 Å². The van der Waals surface area contributed by atoms with Gasteiger partial charge in [-0.2, -0.15) is 0 Å². The first-order chi connectivity index (χ1) is 12.8. The molecule has 0 radical (unpaired) electrons. The maximum absolute atomic E-state index is 4.65. The van der Waals surface area contributed by atoms with Gasteiger partial charge in [-0.3, -0.25) is 4.98 Å². The molecular formula is C23H17N3. The summed E-state index contributed by atoms with van der Waals surface area (Å²) in [4.78, 5) is 4.65. The Balaban J connectivity index is 1.72. The molecule has 5 rings (SSSR count). The SMILES string of the molecule is C[n+]1[c-]n(-c2cccc(-c3nccc4ccccc34)c2)c2ccccc21. The number of fused-ring (bicyclic) bond motifs is 2. The zero-order valence-electron chi connectivity index (χ0n) is 14.4. The predicted octanol–water partition coefficient (Wildman–Crippen LogP) is 4.47. The number of nitrogens with zero attached hydrogens (tertiary/aromatic N) is 3. The van der Waals surface area contributed by atoms with Gasteiger partial charge < -0.3 is 9.13 Å². The second kappa shape index (κ2) is 5.81. The van der Waals surface area contributed by atoms with Gasteiger partial charge in [0.1, 0.15) is 0 Å². The van der Waals surface area contributed by atoms with Crippen LogP contribution in [0.1, 0.15) is 0 Å². The molecule has 0 fully saturated rings. The first kappa shape index (κ1) is 14.8. The summed E-state index contributed by atoms with van der Waals surface area (Å²) in [5.41, 5.74) is 5.48. The van der Waals surface area contributed by atoms with E-state index < -0.39 is 0 Å². The minimum atomic E-state index is 1.01. The van der Waals surface area contributed by atoms with Crippen LogP contribution in [0.15, 0.2) is 85.1 Å². The Bertz CT molecular complexity index is 1250. The third-order valence-corrected chi connectivity index (χ3v) is 4.79. The molecule has 0 bridgehead atoms. The lowest BCUT2D eigenvalue weighted by atomic mass is 10.0. The Hall–Kier alpha value is -3.46.